The molecule has 0 amide bonds. The van der Waals surface area contributed by atoms with Crippen LogP contribution in [-0.2, 0) is 5.41 Å². The Morgan fingerprint density at radius 2 is 1.93 bits per heavy atom. The molecule has 0 aliphatic heterocycles. The lowest BCUT2D eigenvalue weighted by Crippen LogP contribution is -2.18. The van der Waals surface area contributed by atoms with Crippen LogP contribution >= 0.6 is 28.1 Å². The molecule has 1 saturated carbocycles. The fraction of sp³-hybridized carbons (Fsp3) is 0.364. The van der Waals surface area contributed by atoms with Gasteiger partial charge in [0.25, 0.3) is 0 Å². The van der Waals surface area contributed by atoms with E-state index in [4.69, 9.17) is 18.0 Å². The lowest BCUT2D eigenvalue weighted by molar-refractivity contribution is 0.731. The smallest absolute Gasteiger partial charge is 0.0736 e. The van der Waals surface area contributed by atoms with Gasteiger partial charge in [-0.2, -0.15) is 0 Å². The van der Waals surface area contributed by atoms with Crippen molar-refractivity contribution in [2.24, 2.45) is 5.73 Å². The highest BCUT2D eigenvalue weighted by Crippen LogP contribution is 2.51. The van der Waals surface area contributed by atoms with Crippen molar-refractivity contribution < 1.29 is 0 Å². The highest BCUT2D eigenvalue weighted by Gasteiger charge is 2.44. The zero-order valence-corrected chi connectivity index (χ0v) is 10.2. The van der Waals surface area contributed by atoms with Gasteiger partial charge in [0.05, 0.1) is 4.99 Å². The molecule has 0 saturated heterocycles. The van der Waals surface area contributed by atoms with E-state index in [1.807, 2.05) is 0 Å². The molecule has 0 atom stereocenters. The number of nitrogens with two attached hydrogens (primary N) is 1. The molecule has 1 nitrogen and oxygen atoms in total. The first-order valence-electron chi connectivity index (χ1n) is 4.67. The van der Waals surface area contributed by atoms with Crippen molar-refractivity contribution in [3.05, 3.63) is 34.3 Å². The maximum absolute atomic E-state index is 5.61. The van der Waals surface area contributed by atoms with Crippen LogP contribution in [0.3, 0.4) is 0 Å². The molecule has 0 radical (unpaired) electrons. The average molecular weight is 270 g/mol. The standard InChI is InChI=1S/C11H12BrNS/c12-9-3-1-8(2-4-9)11(5-6-11)7-10(13)14/h1-4H,5-7H2,(H2,13,14). The van der Waals surface area contributed by atoms with E-state index < -0.39 is 0 Å². The lowest BCUT2D eigenvalue weighted by Gasteiger charge is -2.14. The van der Waals surface area contributed by atoms with Gasteiger partial charge in [0.15, 0.2) is 0 Å². The summed E-state index contributed by atoms with van der Waals surface area (Å²) in [4.78, 5) is 0.630. The van der Waals surface area contributed by atoms with E-state index in [1.54, 1.807) is 0 Å². The van der Waals surface area contributed by atoms with Crippen molar-refractivity contribution in [3.8, 4) is 0 Å². The number of halogens is 1. The molecule has 14 heavy (non-hydrogen) atoms. The largest absolute Gasteiger partial charge is 0.393 e. The van der Waals surface area contributed by atoms with Crippen LogP contribution in [0.4, 0.5) is 0 Å². The first-order valence-corrected chi connectivity index (χ1v) is 5.87. The molecule has 74 valence electrons. The molecule has 0 aromatic heterocycles. The van der Waals surface area contributed by atoms with E-state index in [0.717, 1.165) is 10.9 Å². The molecule has 1 fully saturated rings. The third kappa shape index (κ3) is 1.98. The lowest BCUT2D eigenvalue weighted by atomic mass is 9.92. The van der Waals surface area contributed by atoms with Crippen molar-refractivity contribution in [1.82, 2.24) is 0 Å². The molecule has 0 spiro atoms. The average Bonchev–Trinajstić information content (AvgIpc) is 2.85. The monoisotopic (exact) mass is 269 g/mol. The van der Waals surface area contributed by atoms with E-state index in [-0.39, 0.29) is 5.41 Å². The Balaban J connectivity index is 2.22. The van der Waals surface area contributed by atoms with Crippen LogP contribution in [0.5, 0.6) is 0 Å². The summed E-state index contributed by atoms with van der Waals surface area (Å²) in [6, 6.07) is 8.48. The fourth-order valence-electron chi connectivity index (χ4n) is 1.86. The minimum Gasteiger partial charge on any atom is -0.393 e. The minimum atomic E-state index is 0.270. The molecular formula is C11H12BrNS. The second-order valence-corrected chi connectivity index (χ2v) is 5.37. The Bertz CT molecular complexity index is 354. The second-order valence-electron chi connectivity index (χ2n) is 3.93. The highest BCUT2D eigenvalue weighted by molar-refractivity contribution is 9.10. The molecule has 1 aromatic rings. The van der Waals surface area contributed by atoms with Crippen LogP contribution in [0.15, 0.2) is 28.7 Å². The molecule has 1 aliphatic carbocycles. The molecule has 3 heteroatoms. The highest BCUT2D eigenvalue weighted by atomic mass is 79.9. The minimum absolute atomic E-state index is 0.270. The van der Waals surface area contributed by atoms with Gasteiger partial charge in [-0.15, -0.1) is 0 Å². The van der Waals surface area contributed by atoms with Crippen molar-refractivity contribution in [2.45, 2.75) is 24.7 Å². The van der Waals surface area contributed by atoms with E-state index in [1.165, 1.54) is 18.4 Å². The van der Waals surface area contributed by atoms with Crippen molar-refractivity contribution in [3.63, 3.8) is 0 Å². The summed E-state index contributed by atoms with van der Waals surface area (Å²) >= 11 is 8.41. The van der Waals surface area contributed by atoms with Crippen LogP contribution in [0.2, 0.25) is 0 Å². The van der Waals surface area contributed by atoms with Crippen molar-refractivity contribution >= 4 is 33.1 Å². The summed E-state index contributed by atoms with van der Waals surface area (Å²) in [6.45, 7) is 0. The Labute approximate surface area is 97.8 Å². The van der Waals surface area contributed by atoms with E-state index in [9.17, 15) is 0 Å². The number of hydrogen-bond donors (Lipinski definition) is 1. The Morgan fingerprint density at radius 3 is 2.36 bits per heavy atom. The normalized spacial score (nSPS) is 17.8. The van der Waals surface area contributed by atoms with Gasteiger partial charge in [-0.25, -0.2) is 0 Å². The number of benzene rings is 1. The summed E-state index contributed by atoms with van der Waals surface area (Å²) in [7, 11) is 0. The summed E-state index contributed by atoms with van der Waals surface area (Å²) < 4.78 is 1.12. The first-order chi connectivity index (χ1) is 6.62. The van der Waals surface area contributed by atoms with E-state index in [0.29, 0.717) is 4.99 Å². The van der Waals surface area contributed by atoms with E-state index >= 15 is 0 Å². The molecule has 0 heterocycles. The zero-order valence-electron chi connectivity index (χ0n) is 7.79. The summed E-state index contributed by atoms with van der Waals surface area (Å²) in [5, 5.41) is 0. The van der Waals surface area contributed by atoms with Crippen LogP contribution in [0, 0.1) is 0 Å². The summed E-state index contributed by atoms with van der Waals surface area (Å²) in [6.07, 6.45) is 3.28. The fourth-order valence-corrected chi connectivity index (χ4v) is 2.40. The van der Waals surface area contributed by atoms with Gasteiger partial charge < -0.3 is 5.73 Å². The SMILES string of the molecule is NC(=S)CC1(c2ccc(Br)cc2)CC1. The summed E-state index contributed by atoms with van der Waals surface area (Å²) in [5.74, 6) is 0. The van der Waals surface area contributed by atoms with E-state index in [2.05, 4.69) is 40.2 Å². The second kappa shape index (κ2) is 3.63. The Morgan fingerprint density at radius 1 is 1.36 bits per heavy atom. The Kier molecular flexibility index (Phi) is 2.62. The van der Waals surface area contributed by atoms with Crippen molar-refractivity contribution in [1.29, 1.82) is 0 Å². The van der Waals surface area contributed by atoms with Crippen LogP contribution in [-0.4, -0.2) is 4.99 Å². The molecule has 0 unspecified atom stereocenters. The maximum Gasteiger partial charge on any atom is 0.0736 e. The van der Waals surface area contributed by atoms with Crippen LogP contribution in [0.1, 0.15) is 24.8 Å². The van der Waals surface area contributed by atoms with Crippen LogP contribution < -0.4 is 5.73 Å². The van der Waals surface area contributed by atoms with Gasteiger partial charge >= 0.3 is 0 Å². The molecule has 2 rings (SSSR count). The predicted molar refractivity (Wildman–Crippen MR) is 66.5 cm³/mol. The van der Waals surface area contributed by atoms with Gasteiger partial charge in [-0.05, 0) is 30.5 Å². The Hall–Kier alpha value is -0.410. The van der Waals surface area contributed by atoms with Gasteiger partial charge in [0, 0.05) is 16.3 Å². The number of hydrogen-bond acceptors (Lipinski definition) is 1. The molecular weight excluding hydrogens is 258 g/mol. The van der Waals surface area contributed by atoms with Crippen molar-refractivity contribution in [2.75, 3.05) is 0 Å². The van der Waals surface area contributed by atoms with Gasteiger partial charge in [-0.3, -0.25) is 0 Å². The van der Waals surface area contributed by atoms with Gasteiger partial charge in [-0.1, -0.05) is 40.3 Å². The maximum atomic E-state index is 5.61. The summed E-state index contributed by atoms with van der Waals surface area (Å²) in [5.41, 5.74) is 7.25. The quantitative estimate of drug-likeness (QED) is 0.854. The first kappa shape index (κ1) is 10.1. The van der Waals surface area contributed by atoms with Gasteiger partial charge in [0.1, 0.15) is 0 Å². The number of thiocarbonyl (C=S) groups is 1. The molecule has 1 aromatic carbocycles. The molecule has 0 bridgehead atoms. The predicted octanol–water partition coefficient (Wildman–Crippen LogP) is 3.16. The molecule has 1 aliphatic rings. The van der Waals surface area contributed by atoms with Crippen LogP contribution in [0.25, 0.3) is 0 Å². The molecule has 2 N–H and O–H groups in total. The third-order valence-corrected chi connectivity index (χ3v) is 3.50. The topological polar surface area (TPSA) is 26.0 Å². The van der Waals surface area contributed by atoms with Gasteiger partial charge in [0.2, 0.25) is 0 Å². The third-order valence-electron chi connectivity index (χ3n) is 2.82. The number of rotatable bonds is 3. The zero-order chi connectivity index (χ0) is 10.2.